The molecular formula is C20H29F15. The van der Waals surface area contributed by atoms with E-state index < -0.39 is 54.6 Å². The third kappa shape index (κ3) is 7.48. The van der Waals surface area contributed by atoms with Gasteiger partial charge in [-0.15, -0.1) is 0 Å². The second-order valence-electron chi connectivity index (χ2n) is 7.65. The van der Waals surface area contributed by atoms with Crippen LogP contribution in [0.3, 0.4) is 0 Å². The number of alkyl halides is 15. The van der Waals surface area contributed by atoms with Gasteiger partial charge in [-0.2, -0.15) is 65.9 Å². The molecule has 0 atom stereocenters. The molecule has 0 N–H and O–H groups in total. The normalized spacial score (nSPS) is 14.6. The standard InChI is InChI=1S/C18H23F15.C2H6/c1-2-3-4-5-6-7-8-9-10-11-12(19,20)13(21,22)14(23,24)15(25,26)16(27,28)17(29,30)18(31,32)33;1-2/h2-11H2,1H3;1-2H3. The number of hydrogen-bond acceptors (Lipinski definition) is 0. The number of rotatable bonds is 15. The van der Waals surface area contributed by atoms with E-state index in [9.17, 15) is 65.9 Å². The van der Waals surface area contributed by atoms with Crippen LogP contribution in [-0.2, 0) is 0 Å². The molecule has 0 fully saturated rings. The first-order valence-electron chi connectivity index (χ1n) is 10.9. The van der Waals surface area contributed by atoms with E-state index in [-0.39, 0.29) is 12.8 Å². The fraction of sp³-hybridized carbons (Fsp3) is 1.00. The van der Waals surface area contributed by atoms with Gasteiger partial charge >= 0.3 is 41.7 Å². The first kappa shape index (κ1) is 36.1. The molecule has 0 heterocycles. The lowest BCUT2D eigenvalue weighted by Crippen LogP contribution is -2.72. The van der Waals surface area contributed by atoms with Crippen LogP contribution in [0, 0.1) is 0 Å². The number of hydrogen-bond donors (Lipinski definition) is 0. The van der Waals surface area contributed by atoms with Gasteiger partial charge in [0.15, 0.2) is 0 Å². The summed E-state index contributed by atoms with van der Waals surface area (Å²) in [5.41, 5.74) is 0. The van der Waals surface area contributed by atoms with Crippen molar-refractivity contribution in [2.75, 3.05) is 0 Å². The van der Waals surface area contributed by atoms with Crippen LogP contribution in [-0.4, -0.2) is 41.7 Å². The maximum Gasteiger partial charge on any atom is 0.460 e. The molecule has 0 aliphatic heterocycles. The van der Waals surface area contributed by atoms with Gasteiger partial charge in [0, 0.05) is 6.42 Å². The number of unbranched alkanes of at least 4 members (excludes halogenated alkanes) is 8. The van der Waals surface area contributed by atoms with E-state index >= 15 is 0 Å². The SMILES string of the molecule is CC.CCCCCCCCCCCC(F)(F)C(F)(F)C(F)(F)C(F)(F)C(F)(F)C(F)(F)C(F)(F)F. The Morgan fingerprint density at radius 2 is 0.657 bits per heavy atom. The molecule has 0 saturated heterocycles. The van der Waals surface area contributed by atoms with Crippen LogP contribution in [0.15, 0.2) is 0 Å². The molecule has 0 unspecified atom stereocenters. The average molecular weight is 554 g/mol. The predicted molar refractivity (Wildman–Crippen MR) is 98.9 cm³/mol. The summed E-state index contributed by atoms with van der Waals surface area (Å²) in [6.45, 7) is 5.94. The summed E-state index contributed by atoms with van der Waals surface area (Å²) in [5, 5.41) is 0. The molecule has 0 aliphatic rings. The fourth-order valence-electron chi connectivity index (χ4n) is 2.81. The molecule has 0 rings (SSSR count). The monoisotopic (exact) mass is 554 g/mol. The second kappa shape index (κ2) is 13.0. The van der Waals surface area contributed by atoms with Crippen LogP contribution in [0.25, 0.3) is 0 Å². The smallest absolute Gasteiger partial charge is 0.200 e. The Morgan fingerprint density at radius 3 is 1.00 bits per heavy atom. The van der Waals surface area contributed by atoms with Crippen molar-refractivity contribution in [1.29, 1.82) is 0 Å². The summed E-state index contributed by atoms with van der Waals surface area (Å²) in [6.07, 6.45) is -6.23. The van der Waals surface area contributed by atoms with Crippen molar-refractivity contribution in [3.05, 3.63) is 0 Å². The summed E-state index contributed by atoms with van der Waals surface area (Å²) in [6, 6.07) is 0. The van der Waals surface area contributed by atoms with Crippen molar-refractivity contribution < 1.29 is 65.9 Å². The lowest BCUT2D eigenvalue weighted by atomic mass is 9.89. The fourth-order valence-corrected chi connectivity index (χ4v) is 2.81. The van der Waals surface area contributed by atoms with E-state index in [2.05, 4.69) is 0 Å². The minimum Gasteiger partial charge on any atom is -0.200 e. The number of halogens is 15. The summed E-state index contributed by atoms with van der Waals surface area (Å²) >= 11 is 0. The molecule has 35 heavy (non-hydrogen) atoms. The zero-order valence-electron chi connectivity index (χ0n) is 19.2. The quantitative estimate of drug-likeness (QED) is 0.140. The second-order valence-corrected chi connectivity index (χ2v) is 7.65. The van der Waals surface area contributed by atoms with Gasteiger partial charge in [-0.1, -0.05) is 72.1 Å². The molecule has 0 aromatic heterocycles. The Bertz CT molecular complexity index is 594. The van der Waals surface area contributed by atoms with Crippen LogP contribution < -0.4 is 0 Å². The van der Waals surface area contributed by atoms with Gasteiger partial charge in [0.25, 0.3) is 0 Å². The minimum absolute atomic E-state index is 0.163. The van der Waals surface area contributed by atoms with Crippen molar-refractivity contribution in [2.24, 2.45) is 0 Å². The maximum atomic E-state index is 13.6. The van der Waals surface area contributed by atoms with E-state index in [1.807, 2.05) is 20.8 Å². The third-order valence-electron chi connectivity index (χ3n) is 4.99. The lowest BCUT2D eigenvalue weighted by molar-refractivity contribution is -0.452. The van der Waals surface area contributed by atoms with Crippen LogP contribution in [0.5, 0.6) is 0 Å². The lowest BCUT2D eigenvalue weighted by Gasteiger charge is -2.41. The Hall–Kier alpha value is -1.05. The first-order chi connectivity index (χ1) is 15.6. The van der Waals surface area contributed by atoms with E-state index in [4.69, 9.17) is 0 Å². The van der Waals surface area contributed by atoms with E-state index in [0.29, 0.717) is 12.8 Å². The highest BCUT2D eigenvalue weighted by Gasteiger charge is 2.93. The Balaban J connectivity index is 0. The molecule has 0 radical (unpaired) electrons. The Kier molecular flexibility index (Phi) is 13.4. The molecule has 0 saturated carbocycles. The van der Waals surface area contributed by atoms with Gasteiger partial charge in [-0.3, -0.25) is 0 Å². The van der Waals surface area contributed by atoms with Crippen molar-refractivity contribution >= 4 is 0 Å². The van der Waals surface area contributed by atoms with Crippen LogP contribution in [0.4, 0.5) is 65.9 Å². The molecule has 15 heteroatoms. The molecule has 0 bridgehead atoms. The highest BCUT2D eigenvalue weighted by Crippen LogP contribution is 2.62. The molecule has 214 valence electrons. The van der Waals surface area contributed by atoms with Crippen LogP contribution >= 0.6 is 0 Å². The van der Waals surface area contributed by atoms with Gasteiger partial charge < -0.3 is 0 Å². The van der Waals surface area contributed by atoms with Gasteiger partial charge in [0.1, 0.15) is 0 Å². The molecule has 0 spiro atoms. The zero-order chi connectivity index (χ0) is 28.6. The Morgan fingerprint density at radius 1 is 0.371 bits per heavy atom. The molecule has 0 amide bonds. The van der Waals surface area contributed by atoms with Gasteiger partial charge in [-0.05, 0) is 6.42 Å². The van der Waals surface area contributed by atoms with E-state index in [0.717, 1.165) is 25.7 Å². The predicted octanol–water partition coefficient (Wildman–Crippen LogP) is 10.3. The molecular weight excluding hydrogens is 525 g/mol. The average Bonchev–Trinajstić information content (AvgIpc) is 2.72. The van der Waals surface area contributed by atoms with E-state index in [1.165, 1.54) is 0 Å². The van der Waals surface area contributed by atoms with Gasteiger partial charge in [0.05, 0.1) is 0 Å². The highest BCUT2D eigenvalue weighted by molar-refractivity contribution is 5.12. The van der Waals surface area contributed by atoms with Gasteiger partial charge in [0.2, 0.25) is 0 Å². The van der Waals surface area contributed by atoms with Crippen LogP contribution in [0.2, 0.25) is 0 Å². The largest absolute Gasteiger partial charge is 0.460 e. The highest BCUT2D eigenvalue weighted by atomic mass is 19.4. The molecule has 0 nitrogen and oxygen atoms in total. The summed E-state index contributed by atoms with van der Waals surface area (Å²) in [5.74, 6) is -45.8. The first-order valence-corrected chi connectivity index (χ1v) is 10.9. The molecule has 0 aromatic carbocycles. The topological polar surface area (TPSA) is 0 Å². The minimum atomic E-state index is -8.20. The van der Waals surface area contributed by atoms with Crippen molar-refractivity contribution in [3.8, 4) is 0 Å². The van der Waals surface area contributed by atoms with Crippen LogP contribution in [0.1, 0.15) is 85.0 Å². The summed E-state index contributed by atoms with van der Waals surface area (Å²) in [7, 11) is 0. The van der Waals surface area contributed by atoms with Gasteiger partial charge in [-0.25, -0.2) is 0 Å². The maximum absolute atomic E-state index is 13.6. The summed E-state index contributed by atoms with van der Waals surface area (Å²) < 4.78 is 196. The van der Waals surface area contributed by atoms with Crippen molar-refractivity contribution in [1.82, 2.24) is 0 Å². The van der Waals surface area contributed by atoms with Crippen molar-refractivity contribution in [2.45, 2.75) is 127 Å². The van der Waals surface area contributed by atoms with Crippen molar-refractivity contribution in [3.63, 3.8) is 0 Å². The molecule has 0 aliphatic carbocycles. The zero-order valence-corrected chi connectivity index (χ0v) is 19.2. The third-order valence-corrected chi connectivity index (χ3v) is 4.99. The van der Waals surface area contributed by atoms with E-state index in [1.54, 1.807) is 0 Å². The summed E-state index contributed by atoms with van der Waals surface area (Å²) in [4.78, 5) is 0. The Labute approximate surface area is 193 Å². The molecule has 0 aromatic rings.